The molecule has 2 aromatic rings. The van der Waals surface area contributed by atoms with Gasteiger partial charge in [-0.2, -0.15) is 0 Å². The third-order valence-corrected chi connectivity index (χ3v) is 3.03. The number of aromatic nitrogens is 2. The molecule has 18 heavy (non-hydrogen) atoms. The molecule has 0 amide bonds. The fraction of sp³-hybridized carbons (Fsp3) is 0.385. The van der Waals surface area contributed by atoms with E-state index < -0.39 is 0 Å². The summed E-state index contributed by atoms with van der Waals surface area (Å²) in [6, 6.07) is 5.41. The van der Waals surface area contributed by atoms with Crippen LogP contribution >= 0.6 is 0 Å². The fourth-order valence-electron chi connectivity index (χ4n) is 2.12. The maximum absolute atomic E-state index is 12.2. The number of hydrogen-bond acceptors (Lipinski definition) is 4. The van der Waals surface area contributed by atoms with Crippen LogP contribution < -0.4 is 5.56 Å². The first-order valence-corrected chi connectivity index (χ1v) is 5.98. The molecule has 0 N–H and O–H groups in total. The number of fused-ring (bicyclic) bond motifs is 1. The highest BCUT2D eigenvalue weighted by Gasteiger charge is 2.15. The summed E-state index contributed by atoms with van der Waals surface area (Å²) in [6.07, 6.45) is 3.39. The van der Waals surface area contributed by atoms with E-state index in [4.69, 9.17) is 9.47 Å². The highest BCUT2D eigenvalue weighted by molar-refractivity contribution is 5.76. The van der Waals surface area contributed by atoms with Gasteiger partial charge < -0.3 is 14.0 Å². The van der Waals surface area contributed by atoms with E-state index in [1.165, 1.54) is 0 Å². The van der Waals surface area contributed by atoms with E-state index in [1.807, 2.05) is 6.07 Å². The van der Waals surface area contributed by atoms with Crippen LogP contribution in [0.2, 0.25) is 0 Å². The molecule has 2 aromatic heterocycles. The minimum absolute atomic E-state index is 0.0326. The predicted molar refractivity (Wildman–Crippen MR) is 66.6 cm³/mol. The third kappa shape index (κ3) is 2.14. The maximum atomic E-state index is 12.2. The average Bonchev–Trinajstić information content (AvgIpc) is 2.43. The van der Waals surface area contributed by atoms with Crippen LogP contribution in [0, 0.1) is 0 Å². The Bertz CT molecular complexity index is 602. The predicted octanol–water partition coefficient (Wildman–Crippen LogP) is 0.812. The third-order valence-electron chi connectivity index (χ3n) is 3.03. The summed E-state index contributed by atoms with van der Waals surface area (Å²) >= 11 is 0. The van der Waals surface area contributed by atoms with Gasteiger partial charge in [0.15, 0.2) is 0 Å². The zero-order valence-corrected chi connectivity index (χ0v) is 9.91. The lowest BCUT2D eigenvalue weighted by Gasteiger charge is -2.23. The number of ether oxygens (including phenoxy) is 2. The SMILES string of the molecule is O=c1c2cccnc2ccn1CC1COCCO1. The molecule has 3 heterocycles. The smallest absolute Gasteiger partial charge is 0.260 e. The van der Waals surface area contributed by atoms with Gasteiger partial charge >= 0.3 is 0 Å². The van der Waals surface area contributed by atoms with E-state index in [1.54, 1.807) is 29.1 Å². The van der Waals surface area contributed by atoms with E-state index in [-0.39, 0.29) is 11.7 Å². The Labute approximate surface area is 104 Å². The summed E-state index contributed by atoms with van der Waals surface area (Å²) in [7, 11) is 0. The van der Waals surface area contributed by atoms with Crippen LogP contribution in [0.1, 0.15) is 0 Å². The molecule has 1 unspecified atom stereocenters. The highest BCUT2D eigenvalue weighted by atomic mass is 16.6. The first-order valence-electron chi connectivity index (χ1n) is 5.98. The minimum atomic E-state index is -0.0504. The molecule has 1 aliphatic rings. The monoisotopic (exact) mass is 246 g/mol. The van der Waals surface area contributed by atoms with Crippen molar-refractivity contribution >= 4 is 10.9 Å². The number of nitrogens with zero attached hydrogens (tertiary/aromatic N) is 2. The largest absolute Gasteiger partial charge is 0.376 e. The van der Waals surface area contributed by atoms with Crippen LogP contribution in [-0.4, -0.2) is 35.5 Å². The maximum Gasteiger partial charge on any atom is 0.260 e. The molecule has 0 saturated carbocycles. The van der Waals surface area contributed by atoms with Gasteiger partial charge in [-0.1, -0.05) is 0 Å². The van der Waals surface area contributed by atoms with Crippen molar-refractivity contribution in [3.05, 3.63) is 40.9 Å². The van der Waals surface area contributed by atoms with Gasteiger partial charge in [-0.25, -0.2) is 0 Å². The second-order valence-corrected chi connectivity index (χ2v) is 4.28. The number of pyridine rings is 2. The Morgan fingerprint density at radius 3 is 3.17 bits per heavy atom. The van der Waals surface area contributed by atoms with Gasteiger partial charge in [-0.05, 0) is 18.2 Å². The first-order chi connectivity index (χ1) is 8.84. The molecular weight excluding hydrogens is 232 g/mol. The van der Waals surface area contributed by atoms with Crippen molar-refractivity contribution in [3.8, 4) is 0 Å². The normalized spacial score (nSPS) is 20.1. The standard InChI is InChI=1S/C13H14N2O3/c16-13-11-2-1-4-14-12(11)3-5-15(13)8-10-9-17-6-7-18-10/h1-5,10H,6-9H2. The van der Waals surface area contributed by atoms with Crippen LogP contribution in [0.5, 0.6) is 0 Å². The Kier molecular flexibility index (Phi) is 3.08. The van der Waals surface area contributed by atoms with E-state index in [2.05, 4.69) is 4.98 Å². The van der Waals surface area contributed by atoms with Crippen molar-refractivity contribution in [1.29, 1.82) is 0 Å². The fourth-order valence-corrected chi connectivity index (χ4v) is 2.12. The Balaban J connectivity index is 1.92. The van der Waals surface area contributed by atoms with Crippen LogP contribution in [0.25, 0.3) is 10.9 Å². The van der Waals surface area contributed by atoms with Gasteiger partial charge in [0.25, 0.3) is 5.56 Å². The van der Waals surface area contributed by atoms with Crippen molar-refractivity contribution in [2.75, 3.05) is 19.8 Å². The highest BCUT2D eigenvalue weighted by Crippen LogP contribution is 2.07. The molecule has 0 bridgehead atoms. The van der Waals surface area contributed by atoms with Crippen LogP contribution in [0.15, 0.2) is 35.4 Å². The Morgan fingerprint density at radius 2 is 2.33 bits per heavy atom. The quantitative estimate of drug-likeness (QED) is 0.787. The molecule has 1 aliphatic heterocycles. The van der Waals surface area contributed by atoms with E-state index in [9.17, 15) is 4.79 Å². The number of hydrogen-bond donors (Lipinski definition) is 0. The molecular formula is C13H14N2O3. The minimum Gasteiger partial charge on any atom is -0.376 e. The molecule has 1 fully saturated rings. The molecule has 1 saturated heterocycles. The molecule has 0 aromatic carbocycles. The zero-order chi connectivity index (χ0) is 12.4. The van der Waals surface area contributed by atoms with Crippen molar-refractivity contribution in [2.45, 2.75) is 12.6 Å². The van der Waals surface area contributed by atoms with Crippen molar-refractivity contribution in [2.24, 2.45) is 0 Å². The summed E-state index contributed by atoms with van der Waals surface area (Å²) in [5.74, 6) is 0. The Morgan fingerprint density at radius 1 is 1.39 bits per heavy atom. The second-order valence-electron chi connectivity index (χ2n) is 4.28. The van der Waals surface area contributed by atoms with Gasteiger partial charge in [0.1, 0.15) is 0 Å². The van der Waals surface area contributed by atoms with Crippen LogP contribution in [0.4, 0.5) is 0 Å². The van der Waals surface area contributed by atoms with Crippen molar-refractivity contribution < 1.29 is 9.47 Å². The first kappa shape index (κ1) is 11.4. The van der Waals surface area contributed by atoms with Crippen LogP contribution in [0.3, 0.4) is 0 Å². The second kappa shape index (κ2) is 4.88. The van der Waals surface area contributed by atoms with Gasteiger partial charge in [0, 0.05) is 12.4 Å². The Hall–Kier alpha value is -1.72. The zero-order valence-electron chi connectivity index (χ0n) is 9.91. The van der Waals surface area contributed by atoms with Gasteiger partial charge in [0.05, 0.1) is 43.4 Å². The molecule has 3 rings (SSSR count). The van der Waals surface area contributed by atoms with E-state index >= 15 is 0 Å². The lowest BCUT2D eigenvalue weighted by Crippen LogP contribution is -2.35. The molecule has 0 spiro atoms. The summed E-state index contributed by atoms with van der Waals surface area (Å²) in [5.41, 5.74) is 0.689. The van der Waals surface area contributed by atoms with Gasteiger partial charge in [0.2, 0.25) is 0 Å². The molecule has 94 valence electrons. The summed E-state index contributed by atoms with van der Waals surface area (Å²) in [5, 5.41) is 0.636. The van der Waals surface area contributed by atoms with Crippen molar-refractivity contribution in [1.82, 2.24) is 9.55 Å². The van der Waals surface area contributed by atoms with Gasteiger partial charge in [-0.3, -0.25) is 9.78 Å². The lowest BCUT2D eigenvalue weighted by atomic mass is 10.2. The summed E-state index contributed by atoms with van der Waals surface area (Å²) in [6.45, 7) is 2.28. The van der Waals surface area contributed by atoms with E-state index in [0.29, 0.717) is 31.8 Å². The summed E-state index contributed by atoms with van der Waals surface area (Å²) in [4.78, 5) is 16.4. The molecule has 1 atom stereocenters. The van der Waals surface area contributed by atoms with Gasteiger partial charge in [-0.15, -0.1) is 0 Å². The molecule has 5 nitrogen and oxygen atoms in total. The molecule has 0 radical (unpaired) electrons. The van der Waals surface area contributed by atoms with Crippen molar-refractivity contribution in [3.63, 3.8) is 0 Å². The molecule has 5 heteroatoms. The molecule has 0 aliphatic carbocycles. The lowest BCUT2D eigenvalue weighted by molar-refractivity contribution is -0.0938. The van der Waals surface area contributed by atoms with Crippen LogP contribution in [-0.2, 0) is 16.0 Å². The topological polar surface area (TPSA) is 53.4 Å². The summed E-state index contributed by atoms with van der Waals surface area (Å²) < 4.78 is 12.5. The van der Waals surface area contributed by atoms with E-state index in [0.717, 1.165) is 5.52 Å². The number of rotatable bonds is 2. The average molecular weight is 246 g/mol.